The highest BCUT2D eigenvalue weighted by molar-refractivity contribution is 5.81. The van der Waals surface area contributed by atoms with E-state index in [9.17, 15) is 4.79 Å². The number of aldehydes is 1. The van der Waals surface area contributed by atoms with Gasteiger partial charge >= 0.3 is 0 Å². The molecule has 0 heterocycles. The van der Waals surface area contributed by atoms with Gasteiger partial charge in [-0.3, -0.25) is 4.79 Å². The fourth-order valence-electron chi connectivity index (χ4n) is 1.54. The molecule has 0 unspecified atom stereocenters. The van der Waals surface area contributed by atoms with E-state index in [0.717, 1.165) is 36.0 Å². The highest BCUT2D eigenvalue weighted by Crippen LogP contribution is 2.15. The Balaban J connectivity index is 0.00000154. The number of carbonyl (C=O) groups is 1. The lowest BCUT2D eigenvalue weighted by Crippen LogP contribution is -2.01. The fourth-order valence-corrected chi connectivity index (χ4v) is 1.54. The molecule has 0 saturated heterocycles. The standard InChI is InChI=1S/C14H19NO2.CH5N/c1-4-11(3)15-17-10-14-12(5-2)7-6-8-13(14)9-16;1-2/h6-9H,4-5,10H2,1-3H3;2H2,1H3. The Hall–Kier alpha value is -1.68. The molecule has 0 amide bonds. The molecule has 1 aromatic rings. The van der Waals surface area contributed by atoms with Gasteiger partial charge in [0.1, 0.15) is 12.9 Å². The lowest BCUT2D eigenvalue weighted by Gasteiger charge is -2.09. The first kappa shape index (κ1) is 17.3. The number of nitrogens with zero attached hydrogens (tertiary/aromatic N) is 1. The minimum absolute atomic E-state index is 0.357. The summed E-state index contributed by atoms with van der Waals surface area (Å²) in [5.74, 6) is 0. The van der Waals surface area contributed by atoms with Gasteiger partial charge in [-0.05, 0) is 32.4 Å². The Labute approximate surface area is 115 Å². The van der Waals surface area contributed by atoms with Crippen molar-refractivity contribution in [3.8, 4) is 0 Å². The van der Waals surface area contributed by atoms with Gasteiger partial charge in [0.2, 0.25) is 0 Å². The van der Waals surface area contributed by atoms with E-state index in [4.69, 9.17) is 4.84 Å². The summed E-state index contributed by atoms with van der Waals surface area (Å²) < 4.78 is 0. The quantitative estimate of drug-likeness (QED) is 0.488. The molecule has 1 rings (SSSR count). The number of benzene rings is 1. The Bertz CT molecular complexity index is 415. The van der Waals surface area contributed by atoms with Crippen LogP contribution >= 0.6 is 0 Å². The molecule has 0 aliphatic carbocycles. The van der Waals surface area contributed by atoms with Crippen molar-refractivity contribution in [1.82, 2.24) is 0 Å². The number of carbonyl (C=O) groups excluding carboxylic acids is 1. The zero-order valence-corrected chi connectivity index (χ0v) is 12.3. The van der Waals surface area contributed by atoms with Crippen molar-refractivity contribution in [3.05, 3.63) is 34.9 Å². The Morgan fingerprint density at radius 3 is 2.58 bits per heavy atom. The summed E-state index contributed by atoms with van der Waals surface area (Å²) in [5, 5.41) is 3.99. The smallest absolute Gasteiger partial charge is 0.150 e. The topological polar surface area (TPSA) is 64.7 Å². The molecule has 1 aromatic carbocycles. The molecule has 0 radical (unpaired) electrons. The molecular formula is C15H24N2O2. The summed E-state index contributed by atoms with van der Waals surface area (Å²) in [6, 6.07) is 5.72. The summed E-state index contributed by atoms with van der Waals surface area (Å²) in [6.07, 6.45) is 2.63. The highest BCUT2D eigenvalue weighted by Gasteiger charge is 2.07. The second kappa shape index (κ2) is 10.3. The lowest BCUT2D eigenvalue weighted by molar-refractivity contribution is 0.110. The first-order valence-electron chi connectivity index (χ1n) is 6.52. The Kier molecular flexibility index (Phi) is 9.35. The second-order valence-corrected chi connectivity index (χ2v) is 3.91. The van der Waals surface area contributed by atoms with Gasteiger partial charge in [-0.25, -0.2) is 0 Å². The molecule has 106 valence electrons. The summed E-state index contributed by atoms with van der Waals surface area (Å²) in [6.45, 7) is 6.37. The maximum Gasteiger partial charge on any atom is 0.150 e. The molecule has 4 nitrogen and oxygen atoms in total. The summed E-state index contributed by atoms with van der Waals surface area (Å²) >= 11 is 0. The largest absolute Gasteiger partial charge is 0.391 e. The molecule has 2 N–H and O–H groups in total. The predicted molar refractivity (Wildman–Crippen MR) is 79.5 cm³/mol. The van der Waals surface area contributed by atoms with Gasteiger partial charge in [-0.15, -0.1) is 0 Å². The van der Waals surface area contributed by atoms with E-state index in [1.165, 1.54) is 7.05 Å². The normalized spacial score (nSPS) is 10.5. The zero-order chi connectivity index (χ0) is 14.7. The number of aryl methyl sites for hydroxylation is 1. The highest BCUT2D eigenvalue weighted by atomic mass is 16.6. The third-order valence-electron chi connectivity index (χ3n) is 2.76. The summed E-state index contributed by atoms with van der Waals surface area (Å²) in [4.78, 5) is 16.2. The zero-order valence-electron chi connectivity index (χ0n) is 12.3. The SMILES string of the molecule is CCC(C)=NOCc1c(C=O)cccc1CC.CN. The molecule has 0 aliphatic heterocycles. The molecule has 0 bridgehead atoms. The third-order valence-corrected chi connectivity index (χ3v) is 2.76. The van der Waals surface area contributed by atoms with E-state index in [1.807, 2.05) is 26.0 Å². The van der Waals surface area contributed by atoms with Crippen molar-refractivity contribution in [2.75, 3.05) is 7.05 Å². The van der Waals surface area contributed by atoms with Crippen LogP contribution in [-0.2, 0) is 17.9 Å². The van der Waals surface area contributed by atoms with Crippen molar-refractivity contribution in [1.29, 1.82) is 0 Å². The van der Waals surface area contributed by atoms with E-state index < -0.39 is 0 Å². The minimum Gasteiger partial charge on any atom is -0.391 e. The van der Waals surface area contributed by atoms with Crippen LogP contribution in [0.5, 0.6) is 0 Å². The van der Waals surface area contributed by atoms with Gasteiger partial charge in [-0.1, -0.05) is 37.2 Å². The van der Waals surface area contributed by atoms with Crippen molar-refractivity contribution in [3.63, 3.8) is 0 Å². The van der Waals surface area contributed by atoms with Crippen LogP contribution in [-0.4, -0.2) is 19.0 Å². The number of nitrogens with two attached hydrogens (primary N) is 1. The van der Waals surface area contributed by atoms with Gasteiger partial charge in [0, 0.05) is 11.1 Å². The average Bonchev–Trinajstić information content (AvgIpc) is 2.48. The molecule has 19 heavy (non-hydrogen) atoms. The van der Waals surface area contributed by atoms with Gasteiger partial charge in [0.05, 0.1) is 5.71 Å². The molecule has 0 aromatic heterocycles. The van der Waals surface area contributed by atoms with Crippen molar-refractivity contribution < 1.29 is 9.63 Å². The maximum atomic E-state index is 11.0. The summed E-state index contributed by atoms with van der Waals surface area (Å²) in [7, 11) is 1.50. The predicted octanol–water partition coefficient (Wildman–Crippen LogP) is 2.94. The fraction of sp³-hybridized carbons (Fsp3) is 0.467. The van der Waals surface area contributed by atoms with Crippen LogP contribution < -0.4 is 5.73 Å². The van der Waals surface area contributed by atoms with Crippen LogP contribution in [0.1, 0.15) is 48.7 Å². The first-order chi connectivity index (χ1) is 9.22. The van der Waals surface area contributed by atoms with Gasteiger partial charge in [-0.2, -0.15) is 0 Å². The lowest BCUT2D eigenvalue weighted by atomic mass is 10.0. The van der Waals surface area contributed by atoms with E-state index in [0.29, 0.717) is 12.2 Å². The molecule has 0 saturated carbocycles. The molecular weight excluding hydrogens is 240 g/mol. The van der Waals surface area contributed by atoms with Crippen molar-refractivity contribution in [2.45, 2.75) is 40.2 Å². The Morgan fingerprint density at radius 2 is 2.05 bits per heavy atom. The number of hydrogen-bond donors (Lipinski definition) is 1. The molecule has 0 fully saturated rings. The van der Waals surface area contributed by atoms with Crippen LogP contribution in [0.4, 0.5) is 0 Å². The maximum absolute atomic E-state index is 11.0. The molecule has 0 atom stereocenters. The van der Waals surface area contributed by atoms with Gasteiger partial charge < -0.3 is 10.6 Å². The summed E-state index contributed by atoms with van der Waals surface area (Å²) in [5.41, 5.74) is 8.22. The van der Waals surface area contributed by atoms with Crippen LogP contribution in [0.2, 0.25) is 0 Å². The Morgan fingerprint density at radius 1 is 1.37 bits per heavy atom. The van der Waals surface area contributed by atoms with E-state index in [2.05, 4.69) is 17.8 Å². The van der Waals surface area contributed by atoms with Crippen LogP contribution in [0, 0.1) is 0 Å². The van der Waals surface area contributed by atoms with E-state index in [1.54, 1.807) is 6.07 Å². The molecule has 4 heteroatoms. The third kappa shape index (κ3) is 5.66. The first-order valence-corrected chi connectivity index (χ1v) is 6.52. The van der Waals surface area contributed by atoms with Crippen LogP contribution in [0.25, 0.3) is 0 Å². The van der Waals surface area contributed by atoms with Crippen molar-refractivity contribution in [2.24, 2.45) is 10.9 Å². The van der Waals surface area contributed by atoms with Gasteiger partial charge in [0.25, 0.3) is 0 Å². The van der Waals surface area contributed by atoms with Crippen LogP contribution in [0.15, 0.2) is 23.4 Å². The van der Waals surface area contributed by atoms with Crippen LogP contribution in [0.3, 0.4) is 0 Å². The average molecular weight is 264 g/mol. The molecule has 0 spiro atoms. The van der Waals surface area contributed by atoms with Crippen molar-refractivity contribution >= 4 is 12.0 Å². The van der Waals surface area contributed by atoms with Gasteiger partial charge in [0.15, 0.2) is 0 Å². The molecule has 0 aliphatic rings. The number of hydrogen-bond acceptors (Lipinski definition) is 4. The monoisotopic (exact) mass is 264 g/mol. The second-order valence-electron chi connectivity index (χ2n) is 3.91. The van der Waals surface area contributed by atoms with E-state index in [-0.39, 0.29) is 0 Å². The van der Waals surface area contributed by atoms with E-state index >= 15 is 0 Å². The number of rotatable bonds is 6. The number of oxime groups is 1. The minimum atomic E-state index is 0.357.